The lowest BCUT2D eigenvalue weighted by atomic mass is 9.88. The van der Waals surface area contributed by atoms with Crippen LogP contribution in [0.2, 0.25) is 0 Å². The molecule has 0 atom stereocenters. The van der Waals surface area contributed by atoms with Crippen molar-refractivity contribution in [3.05, 3.63) is 65.2 Å². The smallest absolute Gasteiger partial charge is 0.416 e. The summed E-state index contributed by atoms with van der Waals surface area (Å²) in [5.41, 5.74) is 0.829. The van der Waals surface area contributed by atoms with E-state index in [0.717, 1.165) is 56.8 Å². The van der Waals surface area contributed by atoms with Gasteiger partial charge in [0.1, 0.15) is 5.75 Å². The van der Waals surface area contributed by atoms with E-state index in [0.29, 0.717) is 12.2 Å². The normalized spacial score (nSPS) is 16.0. The van der Waals surface area contributed by atoms with Crippen molar-refractivity contribution in [2.75, 3.05) is 19.7 Å². The van der Waals surface area contributed by atoms with E-state index in [9.17, 15) is 18.0 Å². The largest absolute Gasteiger partial charge is 0.494 e. The molecule has 0 bridgehead atoms. The molecule has 6 heteroatoms. The minimum Gasteiger partial charge on any atom is -0.494 e. The van der Waals surface area contributed by atoms with Crippen LogP contribution in [0, 0.1) is 5.92 Å². The van der Waals surface area contributed by atoms with Gasteiger partial charge in [0.05, 0.1) is 12.2 Å². The molecular weight excluding hydrogens is 379 g/mol. The first-order chi connectivity index (χ1) is 13.9. The van der Waals surface area contributed by atoms with Crippen molar-refractivity contribution in [1.29, 1.82) is 0 Å². The monoisotopic (exact) mass is 405 g/mol. The highest BCUT2D eigenvalue weighted by molar-refractivity contribution is 5.97. The molecule has 0 N–H and O–H groups in total. The van der Waals surface area contributed by atoms with Crippen molar-refractivity contribution in [3.63, 3.8) is 0 Å². The third-order valence-electron chi connectivity index (χ3n) is 5.26. The van der Waals surface area contributed by atoms with Gasteiger partial charge in [-0.1, -0.05) is 31.2 Å². The Balaban J connectivity index is 1.50. The molecule has 0 amide bonds. The van der Waals surface area contributed by atoms with Gasteiger partial charge in [-0.3, -0.25) is 9.69 Å². The summed E-state index contributed by atoms with van der Waals surface area (Å²) in [5, 5.41) is 0. The number of alkyl halides is 3. The predicted molar refractivity (Wildman–Crippen MR) is 106 cm³/mol. The van der Waals surface area contributed by atoms with Crippen molar-refractivity contribution < 1.29 is 22.7 Å². The van der Waals surface area contributed by atoms with Gasteiger partial charge in [0, 0.05) is 18.0 Å². The van der Waals surface area contributed by atoms with E-state index in [1.165, 1.54) is 17.7 Å². The maximum Gasteiger partial charge on any atom is 0.416 e. The zero-order chi connectivity index (χ0) is 20.9. The SMILES string of the molecule is CCCOc1ccc(CN2CCC(C(=O)c3ccc(C(F)(F)F)cc3)CC2)cc1. The van der Waals surface area contributed by atoms with E-state index in [1.54, 1.807) is 0 Å². The second-order valence-corrected chi connectivity index (χ2v) is 7.48. The number of benzene rings is 2. The number of carbonyl (C=O) groups excluding carboxylic acids is 1. The Morgan fingerprint density at radius 1 is 1.03 bits per heavy atom. The molecule has 1 aliphatic heterocycles. The van der Waals surface area contributed by atoms with Crippen LogP contribution in [0.5, 0.6) is 5.75 Å². The number of nitrogens with zero attached hydrogens (tertiary/aromatic N) is 1. The van der Waals surface area contributed by atoms with Crippen molar-refractivity contribution in [2.24, 2.45) is 5.92 Å². The minimum absolute atomic E-state index is 0.0594. The Kier molecular flexibility index (Phi) is 6.96. The molecule has 156 valence electrons. The summed E-state index contributed by atoms with van der Waals surface area (Å²) in [7, 11) is 0. The van der Waals surface area contributed by atoms with Crippen LogP contribution in [0.4, 0.5) is 13.2 Å². The molecule has 29 heavy (non-hydrogen) atoms. The average Bonchev–Trinajstić information content (AvgIpc) is 2.73. The van der Waals surface area contributed by atoms with Gasteiger partial charge >= 0.3 is 6.18 Å². The maximum atomic E-state index is 12.7. The number of piperidine rings is 1. The average molecular weight is 405 g/mol. The van der Waals surface area contributed by atoms with Crippen LogP contribution >= 0.6 is 0 Å². The number of carbonyl (C=O) groups is 1. The number of rotatable bonds is 7. The molecule has 0 saturated carbocycles. The Morgan fingerprint density at radius 3 is 2.21 bits per heavy atom. The van der Waals surface area contributed by atoms with E-state index < -0.39 is 11.7 Å². The lowest BCUT2D eigenvalue weighted by molar-refractivity contribution is -0.137. The molecule has 0 spiro atoms. The zero-order valence-corrected chi connectivity index (χ0v) is 16.5. The van der Waals surface area contributed by atoms with Crippen LogP contribution in [0.1, 0.15) is 47.7 Å². The summed E-state index contributed by atoms with van der Waals surface area (Å²) in [6.45, 7) is 5.19. The van der Waals surface area contributed by atoms with Gasteiger partial charge in [-0.05, 0) is 62.2 Å². The van der Waals surface area contributed by atoms with Gasteiger partial charge in [-0.2, -0.15) is 13.2 Å². The maximum absolute atomic E-state index is 12.7. The van der Waals surface area contributed by atoms with E-state index in [1.807, 2.05) is 12.1 Å². The third-order valence-corrected chi connectivity index (χ3v) is 5.26. The molecular formula is C23H26F3NO2. The predicted octanol–water partition coefficient (Wildman–Crippen LogP) is 5.59. The fourth-order valence-electron chi connectivity index (χ4n) is 3.58. The lowest BCUT2D eigenvalue weighted by Crippen LogP contribution is -2.36. The summed E-state index contributed by atoms with van der Waals surface area (Å²) >= 11 is 0. The van der Waals surface area contributed by atoms with Gasteiger partial charge in [0.15, 0.2) is 5.78 Å². The lowest BCUT2D eigenvalue weighted by Gasteiger charge is -2.31. The summed E-state index contributed by atoms with van der Waals surface area (Å²) in [6, 6.07) is 12.6. The third kappa shape index (κ3) is 5.82. The molecule has 0 unspecified atom stereocenters. The van der Waals surface area contributed by atoms with Gasteiger partial charge in [0.25, 0.3) is 0 Å². The highest BCUT2D eigenvalue weighted by Crippen LogP contribution is 2.30. The number of ketones is 1. The number of Topliss-reactive ketones (excluding diaryl/α,β-unsaturated/α-hetero) is 1. The zero-order valence-electron chi connectivity index (χ0n) is 16.5. The van der Waals surface area contributed by atoms with Gasteiger partial charge in [-0.15, -0.1) is 0 Å². The van der Waals surface area contributed by atoms with Gasteiger partial charge in [-0.25, -0.2) is 0 Å². The molecule has 1 saturated heterocycles. The molecule has 0 aromatic heterocycles. The number of likely N-dealkylation sites (tertiary alicyclic amines) is 1. The second kappa shape index (κ2) is 9.44. The fraction of sp³-hybridized carbons (Fsp3) is 0.435. The number of hydrogen-bond donors (Lipinski definition) is 0. The molecule has 1 fully saturated rings. The summed E-state index contributed by atoms with van der Waals surface area (Å²) < 4.78 is 43.6. The van der Waals surface area contributed by atoms with E-state index in [2.05, 4.69) is 24.0 Å². The van der Waals surface area contributed by atoms with Crippen molar-refractivity contribution in [2.45, 2.75) is 38.9 Å². The standard InChI is InChI=1S/C23H26F3NO2/c1-2-15-29-21-9-3-17(4-10-21)16-27-13-11-19(12-14-27)22(28)18-5-7-20(8-6-18)23(24,25)26/h3-10,19H,2,11-16H2,1H3. The molecule has 1 heterocycles. The van der Waals surface area contributed by atoms with Gasteiger partial charge < -0.3 is 4.74 Å². The second-order valence-electron chi connectivity index (χ2n) is 7.48. The van der Waals surface area contributed by atoms with Crippen LogP contribution in [-0.2, 0) is 12.7 Å². The molecule has 3 rings (SSSR count). The minimum atomic E-state index is -4.38. The van der Waals surface area contributed by atoms with Crippen molar-refractivity contribution >= 4 is 5.78 Å². The molecule has 0 aliphatic carbocycles. The molecule has 2 aromatic carbocycles. The van der Waals surface area contributed by atoms with Crippen molar-refractivity contribution in [3.8, 4) is 5.75 Å². The summed E-state index contributed by atoms with van der Waals surface area (Å²) in [4.78, 5) is 14.9. The molecule has 2 aromatic rings. The van der Waals surface area contributed by atoms with Crippen molar-refractivity contribution in [1.82, 2.24) is 4.90 Å². The Hall–Kier alpha value is -2.34. The van der Waals surface area contributed by atoms with Crippen LogP contribution in [0.15, 0.2) is 48.5 Å². The first-order valence-electron chi connectivity index (χ1n) is 10.0. The van der Waals surface area contributed by atoms with Gasteiger partial charge in [0.2, 0.25) is 0 Å². The van der Waals surface area contributed by atoms with Crippen LogP contribution in [-0.4, -0.2) is 30.4 Å². The van der Waals surface area contributed by atoms with Crippen LogP contribution in [0.25, 0.3) is 0 Å². The number of ether oxygens (including phenoxy) is 1. The quantitative estimate of drug-likeness (QED) is 0.563. The molecule has 3 nitrogen and oxygen atoms in total. The molecule has 0 radical (unpaired) electrons. The van der Waals surface area contributed by atoms with E-state index >= 15 is 0 Å². The number of halogens is 3. The summed E-state index contributed by atoms with van der Waals surface area (Å²) in [5.74, 6) is 0.681. The Morgan fingerprint density at radius 2 is 1.66 bits per heavy atom. The van der Waals surface area contributed by atoms with E-state index in [-0.39, 0.29) is 11.7 Å². The molecule has 1 aliphatic rings. The number of hydrogen-bond acceptors (Lipinski definition) is 3. The topological polar surface area (TPSA) is 29.5 Å². The van der Waals surface area contributed by atoms with Crippen LogP contribution in [0.3, 0.4) is 0 Å². The fourth-order valence-corrected chi connectivity index (χ4v) is 3.58. The summed E-state index contributed by atoms with van der Waals surface area (Å²) in [6.07, 6.45) is -1.97. The first kappa shape index (κ1) is 21.4. The Bertz CT molecular complexity index is 792. The highest BCUT2D eigenvalue weighted by Gasteiger charge is 2.31. The highest BCUT2D eigenvalue weighted by atomic mass is 19.4. The Labute approximate surface area is 169 Å². The van der Waals surface area contributed by atoms with E-state index in [4.69, 9.17) is 4.74 Å². The first-order valence-corrected chi connectivity index (χ1v) is 10.0. The van der Waals surface area contributed by atoms with Crippen LogP contribution < -0.4 is 4.74 Å².